The molecule has 0 bridgehead atoms. The number of hydrogen-bond donors (Lipinski definition) is 2. The maximum atomic E-state index is 10.6. The fraction of sp³-hybridized carbons (Fsp3) is 0.238. The van der Waals surface area contributed by atoms with Crippen LogP contribution in [0, 0.1) is 6.92 Å². The van der Waals surface area contributed by atoms with Gasteiger partial charge >= 0.3 is 5.97 Å². The number of nitrogens with zero attached hydrogens (tertiary/aromatic N) is 1. The highest BCUT2D eigenvalue weighted by Crippen LogP contribution is 2.22. The van der Waals surface area contributed by atoms with Crippen LogP contribution in [0.4, 0.5) is 0 Å². The lowest BCUT2D eigenvalue weighted by atomic mass is 10.0. The number of aromatic nitrogens is 2. The zero-order valence-corrected chi connectivity index (χ0v) is 14.3. The van der Waals surface area contributed by atoms with E-state index in [1.54, 1.807) is 0 Å². The van der Waals surface area contributed by atoms with Gasteiger partial charge in [-0.1, -0.05) is 42.5 Å². The number of rotatable bonds is 7. The van der Waals surface area contributed by atoms with Crippen LogP contribution in [-0.4, -0.2) is 21.0 Å². The van der Waals surface area contributed by atoms with E-state index in [2.05, 4.69) is 36.2 Å². The number of aliphatic carboxylic acids is 1. The van der Waals surface area contributed by atoms with Crippen molar-refractivity contribution in [2.45, 2.75) is 32.6 Å². The summed E-state index contributed by atoms with van der Waals surface area (Å²) in [6.45, 7) is 2.07. The van der Waals surface area contributed by atoms with Gasteiger partial charge in [0.25, 0.3) is 0 Å². The lowest BCUT2D eigenvalue weighted by Gasteiger charge is -2.03. The van der Waals surface area contributed by atoms with Gasteiger partial charge in [0, 0.05) is 6.42 Å². The number of benzene rings is 2. The van der Waals surface area contributed by atoms with Gasteiger partial charge in [-0.25, -0.2) is 4.98 Å². The lowest BCUT2D eigenvalue weighted by Crippen LogP contribution is -1.95. The molecule has 0 aliphatic heterocycles. The van der Waals surface area contributed by atoms with Gasteiger partial charge in [-0.05, 0) is 55.0 Å². The van der Waals surface area contributed by atoms with Crippen LogP contribution in [0.3, 0.4) is 0 Å². The molecule has 0 amide bonds. The van der Waals surface area contributed by atoms with Crippen molar-refractivity contribution in [2.24, 2.45) is 0 Å². The van der Waals surface area contributed by atoms with Crippen LogP contribution in [0.25, 0.3) is 23.2 Å². The minimum atomic E-state index is -0.734. The molecule has 4 heteroatoms. The monoisotopic (exact) mass is 334 g/mol. The summed E-state index contributed by atoms with van der Waals surface area (Å²) in [6, 6.07) is 14.4. The van der Waals surface area contributed by atoms with Crippen LogP contribution in [0.1, 0.15) is 41.8 Å². The first-order valence-corrected chi connectivity index (χ1v) is 8.56. The molecule has 0 spiro atoms. The fourth-order valence-electron chi connectivity index (χ4n) is 2.97. The van der Waals surface area contributed by atoms with Gasteiger partial charge in [0.05, 0.1) is 11.0 Å². The highest BCUT2D eigenvalue weighted by atomic mass is 16.4. The van der Waals surface area contributed by atoms with Gasteiger partial charge in [-0.15, -0.1) is 0 Å². The van der Waals surface area contributed by atoms with Crippen LogP contribution in [-0.2, 0) is 11.2 Å². The Balaban J connectivity index is 1.80. The highest BCUT2D eigenvalue weighted by molar-refractivity contribution is 5.82. The number of carboxylic acids is 1. The molecule has 0 radical (unpaired) electrons. The molecule has 0 aliphatic carbocycles. The SMILES string of the molecule is Cc1cc(CCCCC(=O)O)c2nc(/C=C/c3ccccc3)[nH]c2c1. The number of aryl methyl sites for hydroxylation is 2. The predicted molar refractivity (Wildman–Crippen MR) is 101 cm³/mol. The average molecular weight is 334 g/mol. The van der Waals surface area contributed by atoms with E-state index in [-0.39, 0.29) is 6.42 Å². The Kier molecular flexibility index (Phi) is 5.29. The summed E-state index contributed by atoms with van der Waals surface area (Å²) < 4.78 is 0. The van der Waals surface area contributed by atoms with E-state index < -0.39 is 5.97 Å². The van der Waals surface area contributed by atoms with Crippen LogP contribution in [0.15, 0.2) is 42.5 Å². The van der Waals surface area contributed by atoms with Crippen molar-refractivity contribution in [3.8, 4) is 0 Å². The molecule has 0 saturated heterocycles. The molecule has 128 valence electrons. The summed E-state index contributed by atoms with van der Waals surface area (Å²) >= 11 is 0. The third kappa shape index (κ3) is 4.57. The third-order valence-electron chi connectivity index (χ3n) is 4.15. The molecule has 0 fully saturated rings. The molecular weight excluding hydrogens is 312 g/mol. The minimum absolute atomic E-state index is 0.223. The number of fused-ring (bicyclic) bond motifs is 1. The number of carboxylic acid groups (broad SMARTS) is 1. The van der Waals surface area contributed by atoms with Crippen molar-refractivity contribution in [1.29, 1.82) is 0 Å². The van der Waals surface area contributed by atoms with Crippen molar-refractivity contribution in [1.82, 2.24) is 9.97 Å². The Morgan fingerprint density at radius 2 is 1.96 bits per heavy atom. The molecule has 4 nitrogen and oxygen atoms in total. The molecule has 0 atom stereocenters. The molecule has 0 aliphatic rings. The van der Waals surface area contributed by atoms with Crippen molar-refractivity contribution in [3.05, 3.63) is 65.0 Å². The molecule has 0 saturated carbocycles. The maximum absolute atomic E-state index is 10.6. The van der Waals surface area contributed by atoms with Gasteiger partial charge in [0.2, 0.25) is 0 Å². The zero-order valence-electron chi connectivity index (χ0n) is 14.3. The van der Waals surface area contributed by atoms with Crippen LogP contribution in [0.2, 0.25) is 0 Å². The quantitative estimate of drug-likeness (QED) is 0.608. The topological polar surface area (TPSA) is 66.0 Å². The first-order valence-electron chi connectivity index (χ1n) is 8.56. The highest BCUT2D eigenvalue weighted by Gasteiger charge is 2.08. The minimum Gasteiger partial charge on any atom is -0.481 e. The summed E-state index contributed by atoms with van der Waals surface area (Å²) in [6.07, 6.45) is 6.64. The van der Waals surface area contributed by atoms with Crippen LogP contribution in [0.5, 0.6) is 0 Å². The van der Waals surface area contributed by atoms with E-state index in [0.717, 1.165) is 35.3 Å². The second kappa shape index (κ2) is 7.79. The Hall–Kier alpha value is -2.88. The Morgan fingerprint density at radius 3 is 2.72 bits per heavy atom. The summed E-state index contributed by atoms with van der Waals surface area (Å²) in [5.74, 6) is 0.0960. The summed E-state index contributed by atoms with van der Waals surface area (Å²) in [5.41, 5.74) is 5.50. The fourth-order valence-corrected chi connectivity index (χ4v) is 2.97. The normalized spacial score (nSPS) is 11.4. The standard InChI is InChI=1S/C21H22N2O2/c1-15-13-17(9-5-6-10-20(24)25)21-18(14-15)22-19(23-21)12-11-16-7-3-2-4-8-16/h2-4,7-8,11-14H,5-6,9-10H2,1H3,(H,22,23)(H,24,25)/b12-11+. The first kappa shape index (κ1) is 17.0. The molecular formula is C21H22N2O2. The van der Waals surface area contributed by atoms with Crippen LogP contribution >= 0.6 is 0 Å². The second-order valence-electron chi connectivity index (χ2n) is 6.29. The lowest BCUT2D eigenvalue weighted by molar-refractivity contribution is -0.137. The van der Waals surface area contributed by atoms with Crippen molar-refractivity contribution >= 4 is 29.2 Å². The van der Waals surface area contributed by atoms with E-state index in [1.165, 1.54) is 11.1 Å². The number of aromatic amines is 1. The van der Waals surface area contributed by atoms with Gasteiger partial charge in [0.1, 0.15) is 5.82 Å². The predicted octanol–water partition coefficient (Wildman–Crippen LogP) is 4.84. The molecule has 3 aromatic rings. The van der Waals surface area contributed by atoms with Crippen molar-refractivity contribution in [2.75, 3.05) is 0 Å². The van der Waals surface area contributed by atoms with Gasteiger partial charge < -0.3 is 10.1 Å². The van der Waals surface area contributed by atoms with E-state index in [4.69, 9.17) is 10.1 Å². The third-order valence-corrected chi connectivity index (χ3v) is 4.15. The number of H-pyrrole nitrogens is 1. The second-order valence-corrected chi connectivity index (χ2v) is 6.29. The van der Waals surface area contributed by atoms with E-state index in [0.29, 0.717) is 6.42 Å². The summed E-state index contributed by atoms with van der Waals surface area (Å²) in [4.78, 5) is 18.7. The molecule has 3 rings (SSSR count). The summed E-state index contributed by atoms with van der Waals surface area (Å²) in [7, 11) is 0. The van der Waals surface area contributed by atoms with Crippen LogP contribution < -0.4 is 0 Å². The van der Waals surface area contributed by atoms with E-state index in [1.807, 2.05) is 30.4 Å². The molecule has 2 aromatic carbocycles. The van der Waals surface area contributed by atoms with Gasteiger partial charge in [-0.2, -0.15) is 0 Å². The molecule has 2 N–H and O–H groups in total. The molecule has 1 aromatic heterocycles. The van der Waals surface area contributed by atoms with Gasteiger partial charge in [0.15, 0.2) is 0 Å². The first-order chi connectivity index (χ1) is 12.1. The van der Waals surface area contributed by atoms with Gasteiger partial charge in [-0.3, -0.25) is 4.79 Å². The Morgan fingerprint density at radius 1 is 1.16 bits per heavy atom. The molecule has 0 unspecified atom stereocenters. The van der Waals surface area contributed by atoms with E-state index >= 15 is 0 Å². The average Bonchev–Trinajstić information content (AvgIpc) is 3.00. The number of hydrogen-bond acceptors (Lipinski definition) is 2. The molecule has 25 heavy (non-hydrogen) atoms. The number of unbranched alkanes of at least 4 members (excludes halogenated alkanes) is 1. The Bertz CT molecular complexity index is 895. The summed E-state index contributed by atoms with van der Waals surface area (Å²) in [5, 5.41) is 8.76. The van der Waals surface area contributed by atoms with Crippen molar-refractivity contribution < 1.29 is 9.90 Å². The van der Waals surface area contributed by atoms with E-state index in [9.17, 15) is 4.79 Å². The number of imidazole rings is 1. The Labute approximate surface area is 147 Å². The maximum Gasteiger partial charge on any atom is 0.303 e. The zero-order chi connectivity index (χ0) is 17.6. The largest absolute Gasteiger partial charge is 0.481 e. The number of nitrogens with one attached hydrogen (secondary N) is 1. The van der Waals surface area contributed by atoms with Crippen molar-refractivity contribution in [3.63, 3.8) is 0 Å². The molecule has 1 heterocycles. The smallest absolute Gasteiger partial charge is 0.303 e. The number of carbonyl (C=O) groups is 1.